The second-order valence-electron chi connectivity index (χ2n) is 6.05. The highest BCUT2D eigenvalue weighted by Gasteiger charge is 2.17. The van der Waals surface area contributed by atoms with Crippen molar-refractivity contribution >= 4 is 11.6 Å². The Kier molecular flexibility index (Phi) is 3.98. The summed E-state index contributed by atoms with van der Waals surface area (Å²) in [4.78, 5) is 17.1. The lowest BCUT2D eigenvalue weighted by molar-refractivity contribution is 0.102. The lowest BCUT2D eigenvalue weighted by atomic mass is 10.1. The van der Waals surface area contributed by atoms with Crippen molar-refractivity contribution in [2.45, 2.75) is 19.4 Å². The zero-order valence-corrected chi connectivity index (χ0v) is 14.0. The Labute approximate surface area is 146 Å². The summed E-state index contributed by atoms with van der Waals surface area (Å²) >= 11 is 0. The average molecular weight is 333 g/mol. The maximum atomic E-state index is 12.6. The van der Waals surface area contributed by atoms with Gasteiger partial charge in [0.05, 0.1) is 24.6 Å². The number of fused-ring (bicyclic) bond motifs is 1. The summed E-state index contributed by atoms with van der Waals surface area (Å²) < 4.78 is 7.52. The molecule has 0 spiro atoms. The van der Waals surface area contributed by atoms with E-state index in [4.69, 9.17) is 4.74 Å². The number of benzene rings is 2. The largest absolute Gasteiger partial charge is 0.496 e. The third kappa shape index (κ3) is 2.89. The molecule has 2 aromatic carbocycles. The average Bonchev–Trinajstić information content (AvgIpc) is 3.25. The van der Waals surface area contributed by atoms with Gasteiger partial charge in [0.25, 0.3) is 5.91 Å². The van der Waals surface area contributed by atoms with E-state index in [9.17, 15) is 4.79 Å². The van der Waals surface area contributed by atoms with E-state index in [2.05, 4.69) is 14.9 Å². The number of rotatable bonds is 4. The van der Waals surface area contributed by atoms with Crippen LogP contribution in [0.1, 0.15) is 22.6 Å². The van der Waals surface area contributed by atoms with E-state index < -0.39 is 0 Å². The van der Waals surface area contributed by atoms with Gasteiger partial charge in [-0.3, -0.25) is 4.79 Å². The molecule has 0 radical (unpaired) electrons. The Morgan fingerprint density at radius 1 is 1.20 bits per heavy atom. The van der Waals surface area contributed by atoms with Crippen molar-refractivity contribution in [2.24, 2.45) is 0 Å². The molecule has 0 atom stereocenters. The van der Waals surface area contributed by atoms with E-state index in [1.54, 1.807) is 19.2 Å². The standard InChI is InChI=1S/C20H19N3O2/c1-25-18-9-3-2-8-16(18)20(24)22-15-7-4-6-14(12-15)17-13-21-19-10-5-11-23(17)19/h2-4,6-9,12-13H,5,10-11H2,1H3,(H,22,24). The van der Waals surface area contributed by atoms with Gasteiger partial charge in [0.15, 0.2) is 0 Å². The molecule has 126 valence electrons. The van der Waals surface area contributed by atoms with Crippen LogP contribution in [-0.2, 0) is 13.0 Å². The van der Waals surface area contributed by atoms with Crippen molar-refractivity contribution in [3.8, 4) is 17.0 Å². The van der Waals surface area contributed by atoms with Crippen LogP contribution in [0.25, 0.3) is 11.3 Å². The number of nitrogens with zero attached hydrogens (tertiary/aromatic N) is 2. The van der Waals surface area contributed by atoms with Gasteiger partial charge in [0, 0.05) is 24.2 Å². The summed E-state index contributed by atoms with van der Waals surface area (Å²) in [6.07, 6.45) is 4.08. The molecule has 0 fully saturated rings. The van der Waals surface area contributed by atoms with E-state index in [0.717, 1.165) is 42.2 Å². The minimum atomic E-state index is -0.187. The van der Waals surface area contributed by atoms with Gasteiger partial charge >= 0.3 is 0 Å². The third-order valence-corrected chi connectivity index (χ3v) is 4.49. The fraction of sp³-hybridized carbons (Fsp3) is 0.200. The van der Waals surface area contributed by atoms with Gasteiger partial charge in [-0.15, -0.1) is 0 Å². The van der Waals surface area contributed by atoms with Crippen LogP contribution < -0.4 is 10.1 Å². The fourth-order valence-corrected chi connectivity index (χ4v) is 3.28. The molecule has 5 nitrogen and oxygen atoms in total. The molecular formula is C20H19N3O2. The Balaban J connectivity index is 1.61. The van der Waals surface area contributed by atoms with Crippen molar-refractivity contribution in [2.75, 3.05) is 12.4 Å². The van der Waals surface area contributed by atoms with E-state index in [1.807, 2.05) is 42.6 Å². The lowest BCUT2D eigenvalue weighted by Crippen LogP contribution is -2.13. The number of ether oxygens (including phenoxy) is 1. The topological polar surface area (TPSA) is 56.1 Å². The molecule has 2 heterocycles. The molecule has 0 saturated heterocycles. The zero-order chi connectivity index (χ0) is 17.2. The Morgan fingerprint density at radius 3 is 2.96 bits per heavy atom. The van der Waals surface area contributed by atoms with Gasteiger partial charge in [-0.25, -0.2) is 4.98 Å². The second kappa shape index (κ2) is 6.43. The van der Waals surface area contributed by atoms with Crippen LogP contribution in [0.2, 0.25) is 0 Å². The molecule has 5 heteroatoms. The van der Waals surface area contributed by atoms with Crippen molar-refractivity contribution in [3.63, 3.8) is 0 Å². The molecule has 0 bridgehead atoms. The molecule has 0 unspecified atom stereocenters. The Morgan fingerprint density at radius 2 is 2.08 bits per heavy atom. The number of methoxy groups -OCH3 is 1. The highest BCUT2D eigenvalue weighted by Crippen LogP contribution is 2.28. The molecule has 3 aromatic rings. The van der Waals surface area contributed by atoms with Gasteiger partial charge < -0.3 is 14.6 Å². The summed E-state index contributed by atoms with van der Waals surface area (Å²) in [6.45, 7) is 1.00. The lowest BCUT2D eigenvalue weighted by Gasteiger charge is -2.11. The van der Waals surface area contributed by atoms with Crippen molar-refractivity contribution in [3.05, 3.63) is 66.1 Å². The molecule has 25 heavy (non-hydrogen) atoms. The maximum absolute atomic E-state index is 12.6. The monoisotopic (exact) mass is 333 g/mol. The molecular weight excluding hydrogens is 314 g/mol. The molecule has 1 N–H and O–H groups in total. The normalized spacial score (nSPS) is 12.7. The molecule has 1 aliphatic rings. The van der Waals surface area contributed by atoms with Gasteiger partial charge in [0.2, 0.25) is 0 Å². The van der Waals surface area contributed by atoms with Gasteiger partial charge in [0.1, 0.15) is 11.6 Å². The van der Waals surface area contributed by atoms with Crippen LogP contribution in [-0.4, -0.2) is 22.6 Å². The number of nitrogens with one attached hydrogen (secondary N) is 1. The number of anilines is 1. The van der Waals surface area contributed by atoms with E-state index in [-0.39, 0.29) is 5.91 Å². The van der Waals surface area contributed by atoms with Gasteiger partial charge in [-0.1, -0.05) is 24.3 Å². The summed E-state index contributed by atoms with van der Waals surface area (Å²) in [5, 5.41) is 2.95. The first-order valence-corrected chi connectivity index (χ1v) is 8.35. The van der Waals surface area contributed by atoms with Crippen LogP contribution in [0.15, 0.2) is 54.7 Å². The summed E-state index contributed by atoms with van der Waals surface area (Å²) in [5.74, 6) is 1.51. The number of para-hydroxylation sites is 1. The van der Waals surface area contributed by atoms with Crippen LogP contribution >= 0.6 is 0 Å². The number of amides is 1. The van der Waals surface area contributed by atoms with E-state index in [1.165, 1.54) is 0 Å². The first-order valence-electron chi connectivity index (χ1n) is 8.35. The predicted molar refractivity (Wildman–Crippen MR) is 96.9 cm³/mol. The summed E-state index contributed by atoms with van der Waals surface area (Å²) in [5.41, 5.74) is 3.42. The summed E-state index contributed by atoms with van der Waals surface area (Å²) in [7, 11) is 1.56. The Hall–Kier alpha value is -3.08. The fourth-order valence-electron chi connectivity index (χ4n) is 3.28. The van der Waals surface area contributed by atoms with Crippen molar-refractivity contribution in [1.29, 1.82) is 0 Å². The molecule has 4 rings (SSSR count). The number of hydrogen-bond donors (Lipinski definition) is 1. The first-order chi connectivity index (χ1) is 12.3. The molecule has 0 saturated carbocycles. The molecule has 1 amide bonds. The van der Waals surface area contributed by atoms with Gasteiger partial charge in [-0.2, -0.15) is 0 Å². The smallest absolute Gasteiger partial charge is 0.259 e. The minimum Gasteiger partial charge on any atom is -0.496 e. The highest BCUT2D eigenvalue weighted by molar-refractivity contribution is 6.06. The zero-order valence-electron chi connectivity index (χ0n) is 14.0. The van der Waals surface area contributed by atoms with E-state index >= 15 is 0 Å². The number of hydrogen-bond acceptors (Lipinski definition) is 3. The quantitative estimate of drug-likeness (QED) is 0.791. The van der Waals surface area contributed by atoms with Crippen LogP contribution in [0.4, 0.5) is 5.69 Å². The van der Waals surface area contributed by atoms with Crippen LogP contribution in [0.3, 0.4) is 0 Å². The number of aromatic nitrogens is 2. The van der Waals surface area contributed by atoms with Crippen LogP contribution in [0, 0.1) is 0 Å². The number of imidazole rings is 1. The number of carbonyl (C=O) groups excluding carboxylic acids is 1. The SMILES string of the molecule is COc1ccccc1C(=O)Nc1cccc(-c2cnc3n2CCC3)c1. The second-order valence-corrected chi connectivity index (χ2v) is 6.05. The van der Waals surface area contributed by atoms with Crippen molar-refractivity contribution < 1.29 is 9.53 Å². The van der Waals surface area contributed by atoms with E-state index in [0.29, 0.717) is 11.3 Å². The first kappa shape index (κ1) is 15.4. The van der Waals surface area contributed by atoms with Gasteiger partial charge in [-0.05, 0) is 30.7 Å². The maximum Gasteiger partial charge on any atom is 0.259 e. The number of aryl methyl sites for hydroxylation is 1. The third-order valence-electron chi connectivity index (χ3n) is 4.49. The predicted octanol–water partition coefficient (Wildman–Crippen LogP) is 3.76. The molecule has 0 aliphatic carbocycles. The molecule has 1 aromatic heterocycles. The van der Waals surface area contributed by atoms with Crippen molar-refractivity contribution in [1.82, 2.24) is 9.55 Å². The minimum absolute atomic E-state index is 0.187. The molecule has 1 aliphatic heterocycles. The number of carbonyl (C=O) groups is 1. The highest BCUT2D eigenvalue weighted by atomic mass is 16.5. The summed E-state index contributed by atoms with van der Waals surface area (Å²) in [6, 6.07) is 15.1. The Bertz CT molecular complexity index is 930. The van der Waals surface area contributed by atoms with Crippen LogP contribution in [0.5, 0.6) is 5.75 Å².